The maximum atomic E-state index is 13.1. The largest absolute Gasteiger partial charge is 0.462 e. The second kappa shape index (κ2) is 11.2. The lowest BCUT2D eigenvalue weighted by Gasteiger charge is -2.22. The molecule has 5 nitrogen and oxygen atoms in total. The summed E-state index contributed by atoms with van der Waals surface area (Å²) in [6.07, 6.45) is 0. The van der Waals surface area contributed by atoms with Crippen LogP contribution in [0.5, 0.6) is 0 Å². The minimum Gasteiger partial charge on any atom is -0.462 e. The topological polar surface area (TPSA) is 63.8 Å². The minimum absolute atomic E-state index is 0.302. The van der Waals surface area contributed by atoms with Crippen molar-refractivity contribution in [2.45, 2.75) is 54.4 Å². The molecule has 4 rings (SSSR count). The van der Waals surface area contributed by atoms with Crippen molar-refractivity contribution in [3.8, 4) is 22.5 Å². The van der Waals surface area contributed by atoms with Gasteiger partial charge >= 0.3 is 5.97 Å². The van der Waals surface area contributed by atoms with Gasteiger partial charge in [0, 0.05) is 47.4 Å². The third-order valence-electron chi connectivity index (χ3n) is 7.09. The lowest BCUT2D eigenvalue weighted by atomic mass is 9.84. The van der Waals surface area contributed by atoms with Gasteiger partial charge < -0.3 is 14.5 Å². The summed E-state index contributed by atoms with van der Waals surface area (Å²) in [6.45, 7) is 16.6. The third kappa shape index (κ3) is 5.13. The molecule has 0 amide bonds. The van der Waals surface area contributed by atoms with Crippen LogP contribution in [0.2, 0.25) is 0 Å². The lowest BCUT2D eigenvalue weighted by Crippen LogP contribution is -2.17. The predicted molar refractivity (Wildman–Crippen MR) is 152 cm³/mol. The number of nitrogens with one attached hydrogen (secondary N) is 1. The zero-order valence-corrected chi connectivity index (χ0v) is 23.1. The van der Waals surface area contributed by atoms with Gasteiger partial charge in [-0.3, -0.25) is 4.99 Å². The summed E-state index contributed by atoms with van der Waals surface area (Å²) < 4.78 is 12.0. The van der Waals surface area contributed by atoms with Crippen molar-refractivity contribution in [3.63, 3.8) is 0 Å². The van der Waals surface area contributed by atoms with Gasteiger partial charge in [-0.25, -0.2) is 4.79 Å². The normalized spacial score (nSPS) is 12.9. The van der Waals surface area contributed by atoms with E-state index in [1.807, 2.05) is 31.2 Å². The van der Waals surface area contributed by atoms with Gasteiger partial charge in [-0.1, -0.05) is 39.0 Å². The molecule has 5 heteroatoms. The molecule has 0 saturated heterocycles. The highest BCUT2D eigenvalue weighted by atomic mass is 16.5. The van der Waals surface area contributed by atoms with Crippen LogP contribution < -0.4 is 10.7 Å². The molecule has 1 heterocycles. The van der Waals surface area contributed by atoms with E-state index in [0.29, 0.717) is 30.6 Å². The Hall–Kier alpha value is -3.60. The number of fused-ring (bicyclic) bond motifs is 2. The number of esters is 1. The molecule has 1 aliphatic heterocycles. The molecule has 2 aromatic rings. The van der Waals surface area contributed by atoms with Crippen molar-refractivity contribution in [1.29, 1.82) is 0 Å². The van der Waals surface area contributed by atoms with Crippen molar-refractivity contribution >= 4 is 22.6 Å². The molecule has 0 spiro atoms. The van der Waals surface area contributed by atoms with Crippen molar-refractivity contribution < 1.29 is 13.9 Å². The van der Waals surface area contributed by atoms with Gasteiger partial charge in [0.1, 0.15) is 11.3 Å². The number of ether oxygens (including phenoxy) is 1. The van der Waals surface area contributed by atoms with E-state index in [1.165, 1.54) is 5.56 Å². The van der Waals surface area contributed by atoms with Crippen LogP contribution in [0, 0.1) is 12.8 Å². The Balaban J connectivity index is 2.19. The zero-order valence-electron chi connectivity index (χ0n) is 23.1. The third-order valence-corrected chi connectivity index (χ3v) is 7.09. The molecule has 2 aliphatic rings. The van der Waals surface area contributed by atoms with E-state index in [4.69, 9.17) is 14.1 Å². The maximum Gasteiger partial charge on any atom is 0.338 e. The number of carbonyl (C=O) groups is 1. The van der Waals surface area contributed by atoms with E-state index < -0.39 is 0 Å². The second-order valence-electron chi connectivity index (χ2n) is 9.85. The molecule has 0 aromatic heterocycles. The SMILES string of the molecule is CC/N=c1\cc2oc3cc(NCC)c(C)cc3c(-c3ccccc3C(=O)OCC)c-2cc1[C@@H](C)C(C)C. The van der Waals surface area contributed by atoms with E-state index in [2.05, 4.69) is 71.1 Å². The zero-order chi connectivity index (χ0) is 26.7. The molecular formula is C32H38N2O3. The number of rotatable bonds is 8. The van der Waals surface area contributed by atoms with Crippen molar-refractivity contribution in [1.82, 2.24) is 0 Å². The fraction of sp³-hybridized carbons (Fsp3) is 0.375. The summed E-state index contributed by atoms with van der Waals surface area (Å²) in [4.78, 5) is 17.9. The highest BCUT2D eigenvalue weighted by molar-refractivity contribution is 6.08. The Morgan fingerprint density at radius 2 is 1.78 bits per heavy atom. The Morgan fingerprint density at radius 3 is 2.46 bits per heavy atom. The molecule has 194 valence electrons. The highest BCUT2D eigenvalue weighted by Gasteiger charge is 2.25. The number of anilines is 1. The summed E-state index contributed by atoms with van der Waals surface area (Å²) in [6, 6.07) is 16.2. The predicted octanol–water partition coefficient (Wildman–Crippen LogP) is 7.80. The van der Waals surface area contributed by atoms with E-state index >= 15 is 0 Å². The molecule has 2 aromatic carbocycles. The number of benzene rings is 3. The number of carbonyl (C=O) groups excluding carboxylic acids is 1. The van der Waals surface area contributed by atoms with E-state index in [0.717, 1.165) is 56.6 Å². The highest BCUT2D eigenvalue weighted by Crippen LogP contribution is 2.43. The van der Waals surface area contributed by atoms with Crippen LogP contribution in [0.4, 0.5) is 5.69 Å². The van der Waals surface area contributed by atoms with Crippen LogP contribution in [0.25, 0.3) is 33.4 Å². The first-order valence-electron chi connectivity index (χ1n) is 13.4. The van der Waals surface area contributed by atoms with Crippen LogP contribution in [0.15, 0.2) is 57.9 Å². The first kappa shape index (κ1) is 26.5. The molecule has 0 bridgehead atoms. The van der Waals surface area contributed by atoms with Gasteiger partial charge in [0.05, 0.1) is 17.5 Å². The van der Waals surface area contributed by atoms with Crippen LogP contribution in [0.1, 0.15) is 68.9 Å². The Labute approximate surface area is 219 Å². The summed E-state index contributed by atoms with van der Waals surface area (Å²) in [5, 5.41) is 5.36. The summed E-state index contributed by atoms with van der Waals surface area (Å²) in [5.41, 5.74) is 7.43. The monoisotopic (exact) mass is 498 g/mol. The number of hydrogen-bond donors (Lipinski definition) is 1. The molecule has 1 atom stereocenters. The summed E-state index contributed by atoms with van der Waals surface area (Å²) in [7, 11) is 0. The van der Waals surface area contributed by atoms with Crippen molar-refractivity contribution in [2.75, 3.05) is 25.0 Å². The second-order valence-corrected chi connectivity index (χ2v) is 9.85. The summed E-state index contributed by atoms with van der Waals surface area (Å²) >= 11 is 0. The van der Waals surface area contributed by atoms with Crippen molar-refractivity contribution in [3.05, 3.63) is 70.6 Å². The van der Waals surface area contributed by atoms with Gasteiger partial charge in [0.15, 0.2) is 0 Å². The standard InChI is InChI=1S/C32H38N2O3/c1-8-33-27-17-29-25(15-20(27)6)31(22-13-11-12-14-23(22)32(35)36-10-3)26-16-24(21(7)19(4)5)28(34-9-2)18-30(26)37-29/h11-19,21,33H,8-10H2,1-7H3/b34-28+/t21-/m0/s1. The summed E-state index contributed by atoms with van der Waals surface area (Å²) in [5.74, 6) is 1.17. The lowest BCUT2D eigenvalue weighted by molar-refractivity contribution is 0.0527. The Morgan fingerprint density at radius 1 is 1.03 bits per heavy atom. The van der Waals surface area contributed by atoms with E-state index in [-0.39, 0.29) is 5.97 Å². The molecule has 0 radical (unpaired) electrons. The average molecular weight is 499 g/mol. The van der Waals surface area contributed by atoms with Gasteiger partial charge in [-0.2, -0.15) is 0 Å². The van der Waals surface area contributed by atoms with Crippen LogP contribution >= 0.6 is 0 Å². The number of aryl methyl sites for hydroxylation is 1. The number of hydrogen-bond acceptors (Lipinski definition) is 5. The quantitative estimate of drug-likeness (QED) is 0.199. The van der Waals surface area contributed by atoms with Gasteiger partial charge in [0.25, 0.3) is 0 Å². The molecule has 1 aliphatic carbocycles. The average Bonchev–Trinajstić information content (AvgIpc) is 2.88. The van der Waals surface area contributed by atoms with Crippen LogP contribution in [-0.4, -0.2) is 25.7 Å². The smallest absolute Gasteiger partial charge is 0.338 e. The molecule has 0 unspecified atom stereocenters. The Bertz CT molecular complexity index is 1470. The number of nitrogens with zero attached hydrogens (tertiary/aromatic N) is 1. The molecule has 1 N–H and O–H groups in total. The van der Waals surface area contributed by atoms with E-state index in [9.17, 15) is 4.79 Å². The van der Waals surface area contributed by atoms with Crippen LogP contribution in [0.3, 0.4) is 0 Å². The molecule has 0 fully saturated rings. The fourth-order valence-corrected chi connectivity index (χ4v) is 4.89. The minimum atomic E-state index is -0.324. The molecule has 0 saturated carbocycles. The molecular weight excluding hydrogens is 460 g/mol. The maximum absolute atomic E-state index is 13.1. The van der Waals surface area contributed by atoms with Crippen molar-refractivity contribution in [2.24, 2.45) is 10.9 Å². The van der Waals surface area contributed by atoms with Gasteiger partial charge in [-0.15, -0.1) is 0 Å². The molecule has 37 heavy (non-hydrogen) atoms. The first-order chi connectivity index (χ1) is 17.8. The van der Waals surface area contributed by atoms with E-state index in [1.54, 1.807) is 0 Å². The van der Waals surface area contributed by atoms with Crippen LogP contribution in [-0.2, 0) is 4.74 Å². The fourth-order valence-electron chi connectivity index (χ4n) is 4.89. The first-order valence-corrected chi connectivity index (χ1v) is 13.4. The van der Waals surface area contributed by atoms with Gasteiger partial charge in [0.2, 0.25) is 0 Å². The van der Waals surface area contributed by atoms with Gasteiger partial charge in [-0.05, 0) is 74.4 Å². The Kier molecular flexibility index (Phi) is 8.01.